The quantitative estimate of drug-likeness (QED) is 0.643. The van der Waals surface area contributed by atoms with Crippen molar-refractivity contribution >= 4 is 5.96 Å². The van der Waals surface area contributed by atoms with Gasteiger partial charge in [0.2, 0.25) is 0 Å². The van der Waals surface area contributed by atoms with Gasteiger partial charge in [-0.2, -0.15) is 5.10 Å². The number of rotatable bonds is 4. The molecule has 0 spiro atoms. The summed E-state index contributed by atoms with van der Waals surface area (Å²) in [6, 6.07) is 10.4. The van der Waals surface area contributed by atoms with E-state index in [9.17, 15) is 0 Å². The molecule has 23 heavy (non-hydrogen) atoms. The van der Waals surface area contributed by atoms with Crippen molar-refractivity contribution in [1.29, 1.82) is 0 Å². The highest BCUT2D eigenvalue weighted by atomic mass is 15.3. The van der Waals surface area contributed by atoms with Crippen LogP contribution in [-0.2, 0) is 13.1 Å². The lowest BCUT2D eigenvalue weighted by Crippen LogP contribution is -2.35. The molecule has 0 saturated carbocycles. The zero-order valence-electron chi connectivity index (χ0n) is 15.0. The molecular weight excluding hydrogens is 286 g/mol. The second-order valence-electron chi connectivity index (χ2n) is 6.20. The summed E-state index contributed by atoms with van der Waals surface area (Å²) in [5.74, 6) is 0.958. The Balaban J connectivity index is 2.22. The van der Waals surface area contributed by atoms with Crippen molar-refractivity contribution in [2.24, 2.45) is 4.99 Å². The number of aryl methyl sites for hydroxylation is 1. The third kappa shape index (κ3) is 4.12. The van der Waals surface area contributed by atoms with Crippen LogP contribution in [0.15, 0.2) is 35.3 Å². The smallest absolute Gasteiger partial charge is 0.195 e. The Morgan fingerprint density at radius 2 is 1.65 bits per heavy atom. The number of hydrogen-bond donors (Lipinski definition) is 0. The van der Waals surface area contributed by atoms with E-state index in [2.05, 4.69) is 42.8 Å². The van der Waals surface area contributed by atoms with Gasteiger partial charge in [0.15, 0.2) is 5.96 Å². The molecule has 1 aromatic heterocycles. The third-order valence-corrected chi connectivity index (χ3v) is 3.89. The van der Waals surface area contributed by atoms with E-state index in [0.29, 0.717) is 6.54 Å². The standard InChI is InChI=1S/C18H27N5/c1-14-17(12-19-18(21(3)4)22(5)6)15(2)23(20-14)13-16-10-8-7-9-11-16/h7-11H,12-13H2,1-6H3. The second-order valence-corrected chi connectivity index (χ2v) is 6.20. The normalized spacial score (nSPS) is 10.5. The number of guanidine groups is 1. The summed E-state index contributed by atoms with van der Waals surface area (Å²) in [4.78, 5) is 8.80. The van der Waals surface area contributed by atoms with Gasteiger partial charge in [-0.05, 0) is 19.4 Å². The van der Waals surface area contributed by atoms with Crippen molar-refractivity contribution in [3.8, 4) is 0 Å². The van der Waals surface area contributed by atoms with Gasteiger partial charge in [-0.25, -0.2) is 4.99 Å². The van der Waals surface area contributed by atoms with Crippen LogP contribution in [0, 0.1) is 13.8 Å². The van der Waals surface area contributed by atoms with Crippen LogP contribution in [0.25, 0.3) is 0 Å². The van der Waals surface area contributed by atoms with Gasteiger partial charge in [-0.3, -0.25) is 4.68 Å². The fraction of sp³-hybridized carbons (Fsp3) is 0.444. The maximum absolute atomic E-state index is 4.75. The number of aliphatic imine (C=N–C) groups is 1. The second kappa shape index (κ2) is 7.31. The topological polar surface area (TPSA) is 36.7 Å². The van der Waals surface area contributed by atoms with E-state index in [1.54, 1.807) is 0 Å². The van der Waals surface area contributed by atoms with Crippen LogP contribution in [0.1, 0.15) is 22.5 Å². The Morgan fingerprint density at radius 3 is 2.22 bits per heavy atom. The van der Waals surface area contributed by atoms with Gasteiger partial charge in [0.1, 0.15) is 0 Å². The Hall–Kier alpha value is -2.30. The Kier molecular flexibility index (Phi) is 5.42. The monoisotopic (exact) mass is 313 g/mol. The molecule has 5 nitrogen and oxygen atoms in total. The molecule has 0 bridgehead atoms. The van der Waals surface area contributed by atoms with Crippen molar-refractivity contribution in [1.82, 2.24) is 19.6 Å². The van der Waals surface area contributed by atoms with E-state index in [4.69, 9.17) is 10.1 Å². The van der Waals surface area contributed by atoms with Crippen molar-refractivity contribution in [3.63, 3.8) is 0 Å². The average Bonchev–Trinajstić information content (AvgIpc) is 2.75. The predicted octanol–water partition coefficient (Wildman–Crippen LogP) is 2.53. The minimum Gasteiger partial charge on any atom is -0.349 e. The van der Waals surface area contributed by atoms with Crippen molar-refractivity contribution < 1.29 is 0 Å². The van der Waals surface area contributed by atoms with Crippen LogP contribution in [0.3, 0.4) is 0 Å². The first-order chi connectivity index (χ1) is 10.9. The van der Waals surface area contributed by atoms with Gasteiger partial charge < -0.3 is 9.80 Å². The first kappa shape index (κ1) is 17.1. The lowest BCUT2D eigenvalue weighted by atomic mass is 10.2. The number of nitrogens with zero attached hydrogens (tertiary/aromatic N) is 5. The predicted molar refractivity (Wildman–Crippen MR) is 95.8 cm³/mol. The van der Waals surface area contributed by atoms with Crippen LogP contribution in [0.2, 0.25) is 0 Å². The first-order valence-corrected chi connectivity index (χ1v) is 7.86. The molecule has 124 valence electrons. The molecule has 0 unspecified atom stereocenters. The van der Waals surface area contributed by atoms with Crippen LogP contribution < -0.4 is 0 Å². The number of benzene rings is 1. The minimum atomic E-state index is 0.651. The lowest BCUT2D eigenvalue weighted by Gasteiger charge is -2.22. The molecule has 0 fully saturated rings. The van der Waals surface area contributed by atoms with Crippen LogP contribution >= 0.6 is 0 Å². The van der Waals surface area contributed by atoms with Crippen molar-refractivity contribution in [2.75, 3.05) is 28.2 Å². The molecule has 5 heteroatoms. The summed E-state index contributed by atoms with van der Waals surface area (Å²) in [6.07, 6.45) is 0. The molecule has 1 aromatic carbocycles. The highest BCUT2D eigenvalue weighted by Gasteiger charge is 2.12. The molecule has 0 radical (unpaired) electrons. The molecule has 0 aliphatic rings. The highest BCUT2D eigenvalue weighted by molar-refractivity contribution is 5.79. The van der Waals surface area contributed by atoms with Gasteiger partial charge >= 0.3 is 0 Å². The molecule has 1 heterocycles. The fourth-order valence-corrected chi connectivity index (χ4v) is 2.71. The molecule has 0 amide bonds. The van der Waals surface area contributed by atoms with Crippen LogP contribution in [-0.4, -0.2) is 53.7 Å². The van der Waals surface area contributed by atoms with E-state index < -0.39 is 0 Å². The van der Waals surface area contributed by atoms with E-state index in [1.165, 1.54) is 16.8 Å². The summed E-state index contributed by atoms with van der Waals surface area (Å²) in [7, 11) is 8.05. The zero-order valence-corrected chi connectivity index (χ0v) is 15.0. The highest BCUT2D eigenvalue weighted by Crippen LogP contribution is 2.16. The fourth-order valence-electron chi connectivity index (χ4n) is 2.71. The van der Waals surface area contributed by atoms with E-state index in [0.717, 1.165) is 18.2 Å². The van der Waals surface area contributed by atoms with Gasteiger partial charge in [-0.1, -0.05) is 30.3 Å². The Morgan fingerprint density at radius 1 is 1.04 bits per heavy atom. The maximum Gasteiger partial charge on any atom is 0.195 e. The Labute approximate surface area is 139 Å². The summed E-state index contributed by atoms with van der Waals surface area (Å²) in [5, 5.41) is 4.69. The molecule has 0 aliphatic carbocycles. The summed E-state index contributed by atoms with van der Waals surface area (Å²) < 4.78 is 2.07. The Bertz CT molecular complexity index is 658. The molecule has 0 atom stereocenters. The van der Waals surface area contributed by atoms with E-state index >= 15 is 0 Å². The molecule has 0 N–H and O–H groups in total. The van der Waals surface area contributed by atoms with Crippen molar-refractivity contribution in [2.45, 2.75) is 26.9 Å². The van der Waals surface area contributed by atoms with Gasteiger partial charge in [-0.15, -0.1) is 0 Å². The molecule has 2 rings (SSSR count). The average molecular weight is 313 g/mol. The minimum absolute atomic E-state index is 0.651. The molecule has 0 aliphatic heterocycles. The molecular formula is C18H27N5. The maximum atomic E-state index is 4.75. The third-order valence-electron chi connectivity index (χ3n) is 3.89. The lowest BCUT2D eigenvalue weighted by molar-refractivity contribution is 0.479. The summed E-state index contributed by atoms with van der Waals surface area (Å²) in [5.41, 5.74) is 4.71. The van der Waals surface area contributed by atoms with Gasteiger partial charge in [0, 0.05) is 39.4 Å². The number of aromatic nitrogens is 2. The largest absolute Gasteiger partial charge is 0.349 e. The first-order valence-electron chi connectivity index (χ1n) is 7.86. The van der Waals surface area contributed by atoms with Crippen LogP contribution in [0.4, 0.5) is 0 Å². The van der Waals surface area contributed by atoms with Crippen molar-refractivity contribution in [3.05, 3.63) is 52.8 Å². The van der Waals surface area contributed by atoms with Crippen LogP contribution in [0.5, 0.6) is 0 Å². The SMILES string of the molecule is Cc1nn(Cc2ccccc2)c(C)c1CN=C(N(C)C)N(C)C. The summed E-state index contributed by atoms with van der Waals surface area (Å²) >= 11 is 0. The summed E-state index contributed by atoms with van der Waals surface area (Å²) in [6.45, 7) is 5.63. The zero-order chi connectivity index (χ0) is 17.0. The molecule has 0 saturated heterocycles. The van der Waals surface area contributed by atoms with E-state index in [-0.39, 0.29) is 0 Å². The number of hydrogen-bond acceptors (Lipinski definition) is 2. The van der Waals surface area contributed by atoms with Gasteiger partial charge in [0.05, 0.1) is 18.8 Å². The van der Waals surface area contributed by atoms with Gasteiger partial charge in [0.25, 0.3) is 0 Å². The van der Waals surface area contributed by atoms with E-state index in [1.807, 2.05) is 44.1 Å². The molecule has 2 aromatic rings.